The van der Waals surface area contributed by atoms with Crippen molar-refractivity contribution in [3.8, 4) is 0 Å². The van der Waals surface area contributed by atoms with E-state index in [1.54, 1.807) is 0 Å². The fourth-order valence-corrected chi connectivity index (χ4v) is 2.12. The van der Waals surface area contributed by atoms with Crippen LogP contribution in [0.4, 0.5) is 8.78 Å². The Labute approximate surface area is 115 Å². The molecule has 1 aromatic rings. The van der Waals surface area contributed by atoms with Crippen LogP contribution in [0.25, 0.3) is 0 Å². The van der Waals surface area contributed by atoms with E-state index >= 15 is 0 Å². The lowest BCUT2D eigenvalue weighted by Crippen LogP contribution is -2.17. The minimum Gasteiger partial charge on any atom is -0.469 e. The summed E-state index contributed by atoms with van der Waals surface area (Å²) in [5.74, 6) is -2.39. The summed E-state index contributed by atoms with van der Waals surface area (Å²) >= 11 is 5.83. The molecular formula is C13H16ClF2NO2. The minimum absolute atomic E-state index is 0.0494. The van der Waals surface area contributed by atoms with Crippen LogP contribution in [0.5, 0.6) is 0 Å². The third-order valence-corrected chi connectivity index (χ3v) is 3.17. The number of carbonyl (C=O) groups excluding carboxylic acids is 1. The van der Waals surface area contributed by atoms with Gasteiger partial charge in [0.25, 0.3) is 0 Å². The lowest BCUT2D eigenvalue weighted by atomic mass is 9.94. The second kappa shape index (κ2) is 6.82. The van der Waals surface area contributed by atoms with Gasteiger partial charge in [0.15, 0.2) is 11.6 Å². The predicted octanol–water partition coefficient (Wildman–Crippen LogP) is 3.21. The van der Waals surface area contributed by atoms with Crippen LogP contribution < -0.4 is 5.73 Å². The van der Waals surface area contributed by atoms with Gasteiger partial charge in [-0.1, -0.05) is 18.5 Å². The number of benzene rings is 1. The largest absolute Gasteiger partial charge is 0.469 e. The Morgan fingerprint density at radius 2 is 2.00 bits per heavy atom. The third kappa shape index (κ3) is 4.44. The second-order valence-corrected chi connectivity index (χ2v) is 4.92. The topological polar surface area (TPSA) is 52.3 Å². The quantitative estimate of drug-likeness (QED) is 0.669. The van der Waals surface area contributed by atoms with Gasteiger partial charge in [-0.15, -0.1) is 0 Å². The summed E-state index contributed by atoms with van der Waals surface area (Å²) in [6, 6.07) is 1.33. The molecule has 0 amide bonds. The lowest BCUT2D eigenvalue weighted by molar-refractivity contribution is -0.141. The van der Waals surface area contributed by atoms with Crippen LogP contribution in [0.1, 0.15) is 31.4 Å². The number of ether oxygens (including phenoxy) is 1. The Balaban J connectivity index is 2.75. The van der Waals surface area contributed by atoms with Crippen molar-refractivity contribution >= 4 is 17.6 Å². The smallest absolute Gasteiger partial charge is 0.305 e. The van der Waals surface area contributed by atoms with Crippen LogP contribution in [-0.2, 0) is 9.53 Å². The molecule has 6 heteroatoms. The fourth-order valence-electron chi connectivity index (χ4n) is 1.83. The van der Waals surface area contributed by atoms with Crippen LogP contribution in [0, 0.1) is 17.6 Å². The van der Waals surface area contributed by atoms with Crippen LogP contribution in [-0.4, -0.2) is 13.1 Å². The number of esters is 1. The maximum atomic E-state index is 13.2. The molecule has 3 nitrogen and oxygen atoms in total. The van der Waals surface area contributed by atoms with Crippen LogP contribution in [0.3, 0.4) is 0 Å². The molecule has 0 heterocycles. The summed E-state index contributed by atoms with van der Waals surface area (Å²) in [5.41, 5.74) is 6.24. The average molecular weight is 292 g/mol. The van der Waals surface area contributed by atoms with E-state index < -0.39 is 17.7 Å². The van der Waals surface area contributed by atoms with Gasteiger partial charge in [0.05, 0.1) is 7.11 Å². The van der Waals surface area contributed by atoms with E-state index in [1.807, 2.05) is 6.92 Å². The maximum absolute atomic E-state index is 13.2. The summed E-state index contributed by atoms with van der Waals surface area (Å²) in [5, 5.41) is 0.0802. The van der Waals surface area contributed by atoms with E-state index in [0.717, 1.165) is 12.1 Å². The summed E-state index contributed by atoms with van der Waals surface area (Å²) in [7, 11) is 1.31. The van der Waals surface area contributed by atoms with Crippen LogP contribution >= 0.6 is 11.6 Å². The predicted molar refractivity (Wildman–Crippen MR) is 68.7 cm³/mol. The van der Waals surface area contributed by atoms with Crippen molar-refractivity contribution in [2.45, 2.75) is 25.8 Å². The molecule has 106 valence electrons. The Kier molecular flexibility index (Phi) is 5.69. The number of methoxy groups -OCH3 is 1. The highest BCUT2D eigenvalue weighted by molar-refractivity contribution is 6.31. The summed E-state index contributed by atoms with van der Waals surface area (Å²) < 4.78 is 30.7. The zero-order valence-corrected chi connectivity index (χ0v) is 11.5. The zero-order valence-electron chi connectivity index (χ0n) is 10.8. The van der Waals surface area contributed by atoms with E-state index in [9.17, 15) is 13.6 Å². The number of hydrogen-bond donors (Lipinski definition) is 1. The van der Waals surface area contributed by atoms with Crippen molar-refractivity contribution in [1.82, 2.24) is 0 Å². The first-order valence-corrected chi connectivity index (χ1v) is 6.19. The fraction of sp³-hybridized carbons (Fsp3) is 0.462. The molecule has 2 unspecified atom stereocenters. The highest BCUT2D eigenvalue weighted by Crippen LogP contribution is 2.29. The molecule has 19 heavy (non-hydrogen) atoms. The molecule has 0 aliphatic heterocycles. The molecule has 2 atom stereocenters. The average Bonchev–Trinajstić information content (AvgIpc) is 2.33. The third-order valence-electron chi connectivity index (χ3n) is 2.84. The molecule has 0 aromatic heterocycles. The molecule has 0 aliphatic rings. The SMILES string of the molecule is COC(=O)CC(C)CC(N)c1cc(F)c(F)cc1Cl. The lowest BCUT2D eigenvalue weighted by Gasteiger charge is -2.18. The number of nitrogens with two attached hydrogens (primary N) is 1. The number of hydrogen-bond acceptors (Lipinski definition) is 3. The van der Waals surface area contributed by atoms with E-state index in [4.69, 9.17) is 17.3 Å². The first-order valence-electron chi connectivity index (χ1n) is 5.82. The molecular weight excluding hydrogens is 276 g/mol. The first kappa shape index (κ1) is 15.9. The molecule has 0 saturated carbocycles. The number of rotatable bonds is 5. The molecule has 0 bridgehead atoms. The van der Waals surface area contributed by atoms with Gasteiger partial charge in [-0.05, 0) is 30.0 Å². The Morgan fingerprint density at radius 3 is 2.58 bits per heavy atom. The van der Waals surface area contributed by atoms with E-state index in [-0.39, 0.29) is 23.3 Å². The van der Waals surface area contributed by atoms with Gasteiger partial charge in [-0.25, -0.2) is 8.78 Å². The number of halogens is 3. The van der Waals surface area contributed by atoms with E-state index in [1.165, 1.54) is 7.11 Å². The zero-order chi connectivity index (χ0) is 14.6. The van der Waals surface area contributed by atoms with Crippen molar-refractivity contribution in [3.05, 3.63) is 34.4 Å². The van der Waals surface area contributed by atoms with Gasteiger partial charge in [-0.2, -0.15) is 0 Å². The van der Waals surface area contributed by atoms with Crippen molar-refractivity contribution in [1.29, 1.82) is 0 Å². The summed E-state index contributed by atoms with van der Waals surface area (Å²) in [6.45, 7) is 1.82. The maximum Gasteiger partial charge on any atom is 0.305 e. The van der Waals surface area contributed by atoms with Crippen LogP contribution in [0.2, 0.25) is 5.02 Å². The number of carbonyl (C=O) groups is 1. The van der Waals surface area contributed by atoms with Crippen LogP contribution in [0.15, 0.2) is 12.1 Å². The van der Waals surface area contributed by atoms with Crippen molar-refractivity contribution < 1.29 is 18.3 Å². The Hall–Kier alpha value is -1.20. The van der Waals surface area contributed by atoms with E-state index in [0.29, 0.717) is 12.0 Å². The molecule has 0 radical (unpaired) electrons. The van der Waals surface area contributed by atoms with Gasteiger partial charge in [0.1, 0.15) is 0 Å². The van der Waals surface area contributed by atoms with Gasteiger partial charge >= 0.3 is 5.97 Å². The molecule has 0 aliphatic carbocycles. The van der Waals surface area contributed by atoms with E-state index in [2.05, 4.69) is 4.74 Å². The molecule has 0 fully saturated rings. The van der Waals surface area contributed by atoms with Gasteiger partial charge in [0, 0.05) is 17.5 Å². The highest BCUT2D eigenvalue weighted by Gasteiger charge is 2.18. The monoisotopic (exact) mass is 291 g/mol. The second-order valence-electron chi connectivity index (χ2n) is 4.52. The molecule has 0 saturated heterocycles. The highest BCUT2D eigenvalue weighted by atomic mass is 35.5. The first-order chi connectivity index (χ1) is 8.85. The van der Waals surface area contributed by atoms with Crippen molar-refractivity contribution in [3.63, 3.8) is 0 Å². The molecule has 2 N–H and O–H groups in total. The molecule has 1 aromatic carbocycles. The minimum atomic E-state index is -1.01. The Bertz CT molecular complexity index is 468. The molecule has 1 rings (SSSR count). The van der Waals surface area contributed by atoms with Crippen molar-refractivity contribution in [2.24, 2.45) is 11.7 Å². The van der Waals surface area contributed by atoms with Crippen molar-refractivity contribution in [2.75, 3.05) is 7.11 Å². The summed E-state index contributed by atoms with van der Waals surface area (Å²) in [6.07, 6.45) is 0.630. The van der Waals surface area contributed by atoms with Gasteiger partial charge in [-0.3, -0.25) is 4.79 Å². The van der Waals surface area contributed by atoms with Gasteiger partial charge < -0.3 is 10.5 Å². The molecule has 0 spiro atoms. The van der Waals surface area contributed by atoms with Gasteiger partial charge in [0.2, 0.25) is 0 Å². The Morgan fingerprint density at radius 1 is 1.42 bits per heavy atom. The standard InChI is InChI=1S/C13H16ClF2NO2/c1-7(4-13(18)19-2)3-12(17)8-5-10(15)11(16)6-9(8)14/h5-7,12H,3-4,17H2,1-2H3. The normalized spacial score (nSPS) is 14.0. The summed E-state index contributed by atoms with van der Waals surface area (Å²) in [4.78, 5) is 11.1.